The van der Waals surface area contributed by atoms with Crippen molar-refractivity contribution in [3.8, 4) is 0 Å². The van der Waals surface area contributed by atoms with Crippen molar-refractivity contribution in [2.45, 2.75) is 6.54 Å². The molecule has 1 aromatic rings. The fourth-order valence-electron chi connectivity index (χ4n) is 0.879. The summed E-state index contributed by atoms with van der Waals surface area (Å²) >= 11 is 0. The molecule has 0 radical (unpaired) electrons. The minimum atomic E-state index is 0.236. The maximum Gasteiger partial charge on any atom is 0.103 e. The van der Waals surface area contributed by atoms with Crippen molar-refractivity contribution in [1.29, 1.82) is 0 Å². The summed E-state index contributed by atoms with van der Waals surface area (Å²) in [6.45, 7) is 1.89. The van der Waals surface area contributed by atoms with Crippen LogP contribution in [0.15, 0.2) is 24.5 Å². The quantitative estimate of drug-likeness (QED) is 0.553. The molecule has 0 saturated heterocycles. The van der Waals surface area contributed by atoms with Crippen LogP contribution in [0.25, 0.3) is 0 Å². The number of pyridine rings is 1. The highest BCUT2D eigenvalue weighted by atomic mass is 16.3. The van der Waals surface area contributed by atoms with Crippen LogP contribution in [-0.4, -0.2) is 23.2 Å². The maximum atomic E-state index is 8.50. The zero-order chi connectivity index (χ0) is 7.94. The molecule has 0 aliphatic rings. The third kappa shape index (κ3) is 3.11. The first-order valence-corrected chi connectivity index (χ1v) is 3.75. The van der Waals surface area contributed by atoms with Crippen molar-refractivity contribution in [3.05, 3.63) is 30.1 Å². The molecular formula is C8H13N2O+. The molecule has 0 aromatic carbocycles. The lowest BCUT2D eigenvalue weighted by atomic mass is 10.3. The van der Waals surface area contributed by atoms with Gasteiger partial charge in [-0.15, -0.1) is 0 Å². The molecule has 0 unspecified atom stereocenters. The predicted octanol–water partition coefficient (Wildman–Crippen LogP) is -0.863. The van der Waals surface area contributed by atoms with Crippen molar-refractivity contribution in [2.24, 2.45) is 0 Å². The molecule has 3 N–H and O–H groups in total. The van der Waals surface area contributed by atoms with Gasteiger partial charge in [0.2, 0.25) is 0 Å². The first-order valence-electron chi connectivity index (χ1n) is 3.75. The smallest absolute Gasteiger partial charge is 0.103 e. The molecule has 0 bridgehead atoms. The number of rotatable bonds is 4. The monoisotopic (exact) mass is 153 g/mol. The molecule has 0 fully saturated rings. The number of aliphatic hydroxyl groups excluding tert-OH is 1. The topological polar surface area (TPSA) is 49.7 Å². The van der Waals surface area contributed by atoms with E-state index in [0.717, 1.165) is 13.1 Å². The first-order chi connectivity index (χ1) is 5.43. The Morgan fingerprint density at radius 3 is 3.09 bits per heavy atom. The van der Waals surface area contributed by atoms with Gasteiger partial charge in [0, 0.05) is 18.0 Å². The van der Waals surface area contributed by atoms with Gasteiger partial charge in [-0.3, -0.25) is 4.98 Å². The van der Waals surface area contributed by atoms with Crippen LogP contribution in [0.3, 0.4) is 0 Å². The second-order valence-electron chi connectivity index (χ2n) is 2.37. The second kappa shape index (κ2) is 4.82. The van der Waals surface area contributed by atoms with Crippen LogP contribution in [0.4, 0.5) is 0 Å². The molecule has 1 aromatic heterocycles. The predicted molar refractivity (Wildman–Crippen MR) is 41.8 cm³/mol. The minimum absolute atomic E-state index is 0.236. The lowest BCUT2D eigenvalue weighted by molar-refractivity contribution is -0.671. The Morgan fingerprint density at radius 2 is 2.45 bits per heavy atom. The Bertz CT molecular complexity index is 189. The van der Waals surface area contributed by atoms with Gasteiger partial charge in [-0.2, -0.15) is 0 Å². The number of hydrogen-bond acceptors (Lipinski definition) is 2. The van der Waals surface area contributed by atoms with E-state index < -0.39 is 0 Å². The standard InChI is InChI=1S/C8H12N2O/c11-5-4-10-7-8-2-1-3-9-6-8/h1-3,6,10-11H,4-5,7H2/p+1. The highest BCUT2D eigenvalue weighted by Gasteiger charge is 1.92. The number of aliphatic hydroxyl groups is 1. The van der Waals surface area contributed by atoms with E-state index in [1.807, 2.05) is 18.3 Å². The molecule has 3 nitrogen and oxygen atoms in total. The average molecular weight is 153 g/mol. The van der Waals surface area contributed by atoms with E-state index in [0.29, 0.717) is 0 Å². The molecule has 0 spiro atoms. The zero-order valence-electron chi connectivity index (χ0n) is 6.40. The average Bonchev–Trinajstić information content (AvgIpc) is 2.07. The molecule has 0 aliphatic heterocycles. The molecule has 1 heterocycles. The molecule has 60 valence electrons. The molecule has 0 atom stereocenters. The number of hydrogen-bond donors (Lipinski definition) is 2. The van der Waals surface area contributed by atoms with E-state index in [-0.39, 0.29) is 6.61 Å². The van der Waals surface area contributed by atoms with Gasteiger partial charge in [-0.1, -0.05) is 6.07 Å². The molecular weight excluding hydrogens is 140 g/mol. The third-order valence-corrected chi connectivity index (χ3v) is 1.44. The summed E-state index contributed by atoms with van der Waals surface area (Å²) in [6.07, 6.45) is 3.60. The first kappa shape index (κ1) is 8.17. The van der Waals surface area contributed by atoms with Crippen molar-refractivity contribution < 1.29 is 10.4 Å². The second-order valence-corrected chi connectivity index (χ2v) is 2.37. The van der Waals surface area contributed by atoms with Gasteiger partial charge in [0.25, 0.3) is 0 Å². The largest absolute Gasteiger partial charge is 0.391 e. The van der Waals surface area contributed by atoms with Gasteiger partial charge in [0.1, 0.15) is 6.54 Å². The third-order valence-electron chi connectivity index (χ3n) is 1.44. The number of quaternary nitrogens is 1. The Kier molecular flexibility index (Phi) is 3.58. The molecule has 11 heavy (non-hydrogen) atoms. The molecule has 0 aliphatic carbocycles. The number of nitrogens with zero attached hydrogens (tertiary/aromatic N) is 1. The van der Waals surface area contributed by atoms with Crippen LogP contribution in [0.2, 0.25) is 0 Å². The zero-order valence-corrected chi connectivity index (χ0v) is 6.40. The van der Waals surface area contributed by atoms with Gasteiger partial charge in [-0.05, 0) is 6.07 Å². The lowest BCUT2D eigenvalue weighted by Crippen LogP contribution is -2.83. The van der Waals surface area contributed by atoms with E-state index in [9.17, 15) is 0 Å². The molecule has 0 saturated carbocycles. The van der Waals surface area contributed by atoms with E-state index in [1.165, 1.54) is 5.56 Å². The summed E-state index contributed by atoms with van der Waals surface area (Å²) in [5, 5.41) is 10.5. The van der Waals surface area contributed by atoms with Gasteiger partial charge < -0.3 is 10.4 Å². The van der Waals surface area contributed by atoms with Crippen molar-refractivity contribution in [2.75, 3.05) is 13.2 Å². The molecule has 0 amide bonds. The highest BCUT2D eigenvalue weighted by molar-refractivity contribution is 5.06. The van der Waals surface area contributed by atoms with Crippen molar-refractivity contribution >= 4 is 0 Å². The van der Waals surface area contributed by atoms with Crippen LogP contribution in [0.5, 0.6) is 0 Å². The molecule has 1 rings (SSSR count). The fourth-order valence-corrected chi connectivity index (χ4v) is 0.879. The Hall–Kier alpha value is -0.930. The van der Waals surface area contributed by atoms with E-state index in [4.69, 9.17) is 5.11 Å². The summed E-state index contributed by atoms with van der Waals surface area (Å²) in [5.41, 5.74) is 1.20. The Morgan fingerprint density at radius 1 is 1.55 bits per heavy atom. The number of nitrogens with two attached hydrogens (primary N) is 1. The minimum Gasteiger partial charge on any atom is -0.391 e. The fraction of sp³-hybridized carbons (Fsp3) is 0.375. The van der Waals surface area contributed by atoms with Crippen molar-refractivity contribution in [3.63, 3.8) is 0 Å². The Labute approximate surface area is 66.1 Å². The van der Waals surface area contributed by atoms with E-state index in [1.54, 1.807) is 6.20 Å². The van der Waals surface area contributed by atoms with Gasteiger partial charge in [0.05, 0.1) is 13.2 Å². The Balaban J connectivity index is 2.28. The van der Waals surface area contributed by atoms with E-state index in [2.05, 4.69) is 10.3 Å². The van der Waals surface area contributed by atoms with Crippen molar-refractivity contribution in [1.82, 2.24) is 4.98 Å². The normalized spacial score (nSPS) is 9.91. The van der Waals surface area contributed by atoms with Gasteiger partial charge in [0.15, 0.2) is 0 Å². The van der Waals surface area contributed by atoms with Crippen LogP contribution in [-0.2, 0) is 6.54 Å². The van der Waals surface area contributed by atoms with Gasteiger partial charge in [-0.25, -0.2) is 0 Å². The van der Waals surface area contributed by atoms with E-state index >= 15 is 0 Å². The summed E-state index contributed by atoms with van der Waals surface area (Å²) < 4.78 is 0. The van der Waals surface area contributed by atoms with Crippen LogP contribution in [0.1, 0.15) is 5.56 Å². The SMILES string of the molecule is OCC[NH2+]Cc1cccnc1. The lowest BCUT2D eigenvalue weighted by Gasteiger charge is -1.97. The summed E-state index contributed by atoms with van der Waals surface area (Å²) in [6, 6.07) is 3.95. The van der Waals surface area contributed by atoms with Gasteiger partial charge >= 0.3 is 0 Å². The summed E-state index contributed by atoms with van der Waals surface area (Å²) in [5.74, 6) is 0. The van der Waals surface area contributed by atoms with Crippen LogP contribution in [0, 0.1) is 0 Å². The maximum absolute atomic E-state index is 8.50. The summed E-state index contributed by atoms with van der Waals surface area (Å²) in [4.78, 5) is 3.98. The van der Waals surface area contributed by atoms with Crippen LogP contribution >= 0.6 is 0 Å². The highest BCUT2D eigenvalue weighted by Crippen LogP contribution is 1.90. The summed E-state index contributed by atoms with van der Waals surface area (Å²) in [7, 11) is 0. The molecule has 3 heteroatoms. The van der Waals surface area contributed by atoms with Crippen LogP contribution < -0.4 is 5.32 Å². The number of aromatic nitrogens is 1.